The highest BCUT2D eigenvalue weighted by atomic mass is 35.5. The van der Waals surface area contributed by atoms with Crippen LogP contribution in [-0.4, -0.2) is 77.3 Å². The van der Waals surface area contributed by atoms with Crippen LogP contribution in [0.1, 0.15) is 18.9 Å². The third-order valence-electron chi connectivity index (χ3n) is 5.11. The van der Waals surface area contributed by atoms with Crippen LogP contribution in [0, 0.1) is 11.8 Å². The largest absolute Gasteiger partial charge is 0.493 e. The lowest BCUT2D eigenvalue weighted by Gasteiger charge is -2.26. The van der Waals surface area contributed by atoms with Crippen molar-refractivity contribution in [1.29, 1.82) is 0 Å². The molecule has 0 aromatic heterocycles. The minimum atomic E-state index is -0.434. The summed E-state index contributed by atoms with van der Waals surface area (Å²) >= 11 is 7.93. The smallest absolute Gasteiger partial charge is 0.344 e. The zero-order valence-electron chi connectivity index (χ0n) is 20.7. The van der Waals surface area contributed by atoms with Gasteiger partial charge in [-0.1, -0.05) is 35.2 Å². The monoisotopic (exact) mass is 533 g/mol. The predicted molar refractivity (Wildman–Crippen MR) is 140 cm³/mol. The maximum absolute atomic E-state index is 11.5. The second-order valence-electron chi connectivity index (χ2n) is 7.87. The summed E-state index contributed by atoms with van der Waals surface area (Å²) < 4.78 is 26.9. The summed E-state index contributed by atoms with van der Waals surface area (Å²) in [6.45, 7) is 7.37. The number of hydrogen-bond acceptors (Lipinski definition) is 8. The van der Waals surface area contributed by atoms with Crippen LogP contribution in [0.25, 0.3) is 0 Å². The Balaban J connectivity index is 1.64. The van der Waals surface area contributed by atoms with Crippen LogP contribution in [0.4, 0.5) is 0 Å². The van der Waals surface area contributed by atoms with E-state index < -0.39 is 5.97 Å². The van der Waals surface area contributed by atoms with Crippen molar-refractivity contribution in [3.8, 4) is 23.3 Å². The summed E-state index contributed by atoms with van der Waals surface area (Å²) in [4.78, 5) is 15.8. The highest BCUT2D eigenvalue weighted by Gasteiger charge is 2.11. The first-order chi connectivity index (χ1) is 17.6. The fourth-order valence-electron chi connectivity index (χ4n) is 3.44. The standard InChI is InChI=1S/C27H32ClNO6S/c1-3-33-27(30)20-35-26-8-7-23(19-25(26)28)36-24-17-21(6-4-12-31-2)16-22(18-24)34-13-5-9-29-10-14-32-15-11-29/h7-8,16-19H,3,5,9-15,20H2,1-2H3. The van der Waals surface area contributed by atoms with Gasteiger partial charge in [0.15, 0.2) is 6.61 Å². The number of benzene rings is 2. The van der Waals surface area contributed by atoms with Crippen LogP contribution in [0.2, 0.25) is 5.02 Å². The SMILES string of the molecule is CCOC(=O)COc1ccc(Sc2cc(C#CCOC)cc(OCCCN3CCOCC3)c2)cc1Cl. The Bertz CT molecular complexity index is 1050. The summed E-state index contributed by atoms with van der Waals surface area (Å²) in [5.74, 6) is 6.89. The van der Waals surface area contributed by atoms with Crippen molar-refractivity contribution >= 4 is 29.3 Å². The van der Waals surface area contributed by atoms with Gasteiger partial charge in [-0.15, -0.1) is 0 Å². The van der Waals surface area contributed by atoms with E-state index in [9.17, 15) is 4.79 Å². The van der Waals surface area contributed by atoms with Crippen LogP contribution >= 0.6 is 23.4 Å². The minimum absolute atomic E-state index is 0.186. The molecule has 0 atom stereocenters. The third-order valence-corrected chi connectivity index (χ3v) is 6.37. The maximum Gasteiger partial charge on any atom is 0.344 e. The molecule has 0 amide bonds. The van der Waals surface area contributed by atoms with E-state index in [1.807, 2.05) is 24.3 Å². The summed E-state index contributed by atoms with van der Waals surface area (Å²) in [7, 11) is 1.62. The molecule has 36 heavy (non-hydrogen) atoms. The van der Waals surface area contributed by atoms with Gasteiger partial charge in [0.05, 0.1) is 31.5 Å². The number of esters is 1. The fraction of sp³-hybridized carbons (Fsp3) is 0.444. The Hall–Kier alpha value is -2.41. The molecule has 1 saturated heterocycles. The van der Waals surface area contributed by atoms with Gasteiger partial charge in [0.25, 0.3) is 0 Å². The number of carbonyl (C=O) groups excluding carboxylic acids is 1. The molecule has 0 radical (unpaired) electrons. The normalized spacial score (nSPS) is 13.5. The molecule has 0 bridgehead atoms. The number of methoxy groups -OCH3 is 1. The number of halogens is 1. The quantitative estimate of drug-likeness (QED) is 0.224. The van der Waals surface area contributed by atoms with Crippen LogP contribution in [0.3, 0.4) is 0 Å². The van der Waals surface area contributed by atoms with Gasteiger partial charge in [0.1, 0.15) is 18.1 Å². The Morgan fingerprint density at radius 1 is 1.14 bits per heavy atom. The molecule has 0 unspecified atom stereocenters. The van der Waals surface area contributed by atoms with E-state index in [0.29, 0.717) is 30.6 Å². The second-order valence-corrected chi connectivity index (χ2v) is 9.43. The summed E-state index contributed by atoms with van der Waals surface area (Å²) in [6.07, 6.45) is 0.935. The van der Waals surface area contributed by atoms with Crippen molar-refractivity contribution in [3.05, 3.63) is 47.0 Å². The number of rotatable bonds is 12. The molecule has 2 aromatic carbocycles. The van der Waals surface area contributed by atoms with E-state index in [0.717, 1.165) is 60.4 Å². The first-order valence-corrected chi connectivity index (χ1v) is 13.1. The average Bonchev–Trinajstić information content (AvgIpc) is 2.87. The van der Waals surface area contributed by atoms with Gasteiger partial charge in [-0.05, 0) is 49.7 Å². The highest BCUT2D eigenvalue weighted by Crippen LogP contribution is 2.35. The molecule has 194 valence electrons. The van der Waals surface area contributed by atoms with Gasteiger partial charge in [-0.2, -0.15) is 0 Å². The van der Waals surface area contributed by atoms with Crippen molar-refractivity contribution in [2.45, 2.75) is 23.1 Å². The molecule has 0 aliphatic carbocycles. The molecular weight excluding hydrogens is 502 g/mol. The zero-order valence-corrected chi connectivity index (χ0v) is 22.3. The molecule has 1 aliphatic heterocycles. The Morgan fingerprint density at radius 3 is 2.72 bits per heavy atom. The first kappa shape index (κ1) is 28.2. The van der Waals surface area contributed by atoms with Crippen LogP contribution in [0.5, 0.6) is 11.5 Å². The fourth-order valence-corrected chi connectivity index (χ4v) is 4.68. The van der Waals surface area contributed by atoms with E-state index in [1.54, 1.807) is 26.2 Å². The van der Waals surface area contributed by atoms with E-state index in [4.69, 9.17) is 35.3 Å². The average molecular weight is 534 g/mol. The van der Waals surface area contributed by atoms with E-state index in [1.165, 1.54) is 11.8 Å². The third kappa shape index (κ3) is 9.92. The molecule has 2 aromatic rings. The summed E-state index contributed by atoms with van der Waals surface area (Å²) in [6, 6.07) is 11.4. The molecule has 9 heteroatoms. The van der Waals surface area contributed by atoms with Crippen LogP contribution < -0.4 is 9.47 Å². The molecule has 7 nitrogen and oxygen atoms in total. The van der Waals surface area contributed by atoms with E-state index in [-0.39, 0.29) is 6.61 Å². The lowest BCUT2D eigenvalue weighted by molar-refractivity contribution is -0.145. The molecule has 1 aliphatic rings. The van der Waals surface area contributed by atoms with Gasteiger partial charge >= 0.3 is 5.97 Å². The Labute approximate surface area is 222 Å². The van der Waals surface area contributed by atoms with E-state index in [2.05, 4.69) is 16.7 Å². The minimum Gasteiger partial charge on any atom is -0.493 e. The molecule has 3 rings (SSSR count). The molecular formula is C27H32ClNO6S. The number of nitrogens with zero attached hydrogens (tertiary/aromatic N) is 1. The van der Waals surface area contributed by atoms with Crippen molar-refractivity contribution in [2.24, 2.45) is 0 Å². The molecule has 0 N–H and O–H groups in total. The Kier molecular flexibility index (Phi) is 12.2. The summed E-state index contributed by atoms with van der Waals surface area (Å²) in [5.41, 5.74) is 0.848. The number of morpholine rings is 1. The Morgan fingerprint density at radius 2 is 1.97 bits per heavy atom. The summed E-state index contributed by atoms with van der Waals surface area (Å²) in [5, 5.41) is 0.417. The first-order valence-electron chi connectivity index (χ1n) is 11.9. The van der Waals surface area contributed by atoms with Crippen LogP contribution in [-0.2, 0) is 19.0 Å². The van der Waals surface area contributed by atoms with Gasteiger partial charge in [0.2, 0.25) is 0 Å². The molecule has 1 heterocycles. The number of ether oxygens (including phenoxy) is 5. The second kappa shape index (κ2) is 15.6. The van der Waals surface area contributed by atoms with Crippen molar-refractivity contribution in [1.82, 2.24) is 4.90 Å². The number of carbonyl (C=O) groups is 1. The lowest BCUT2D eigenvalue weighted by atomic mass is 10.2. The zero-order chi connectivity index (χ0) is 25.6. The number of hydrogen-bond donors (Lipinski definition) is 0. The van der Waals surface area contributed by atoms with Crippen molar-refractivity contribution < 1.29 is 28.5 Å². The van der Waals surface area contributed by atoms with Crippen molar-refractivity contribution in [3.63, 3.8) is 0 Å². The molecule has 0 spiro atoms. The van der Waals surface area contributed by atoms with E-state index >= 15 is 0 Å². The van der Waals surface area contributed by atoms with Crippen molar-refractivity contribution in [2.75, 3.05) is 66.4 Å². The predicted octanol–water partition coefficient (Wildman–Crippen LogP) is 4.53. The maximum atomic E-state index is 11.5. The van der Waals surface area contributed by atoms with Gasteiger partial charge < -0.3 is 23.7 Å². The molecule has 0 saturated carbocycles. The topological polar surface area (TPSA) is 66.5 Å². The van der Waals surface area contributed by atoms with Gasteiger partial charge in [-0.25, -0.2) is 4.79 Å². The van der Waals surface area contributed by atoms with Crippen LogP contribution in [0.15, 0.2) is 46.2 Å². The highest BCUT2D eigenvalue weighted by molar-refractivity contribution is 7.99. The lowest BCUT2D eigenvalue weighted by Crippen LogP contribution is -2.37. The van der Waals surface area contributed by atoms with Gasteiger partial charge in [0, 0.05) is 42.1 Å². The van der Waals surface area contributed by atoms with Gasteiger partial charge in [-0.3, -0.25) is 4.90 Å². The molecule has 1 fully saturated rings.